The minimum absolute atomic E-state index is 0.153. The molecule has 1 aliphatic rings. The minimum atomic E-state index is -0.652. The Hall–Kier alpha value is -2.52. The van der Waals surface area contributed by atoms with Crippen molar-refractivity contribution in [2.45, 2.75) is 13.0 Å². The zero-order valence-electron chi connectivity index (χ0n) is 14.3. The molecule has 0 radical (unpaired) electrons. The van der Waals surface area contributed by atoms with Crippen molar-refractivity contribution < 1.29 is 9.66 Å². The van der Waals surface area contributed by atoms with Crippen LogP contribution in [0.4, 0.5) is 11.5 Å². The monoisotopic (exact) mass is 347 g/mol. The van der Waals surface area contributed by atoms with E-state index in [2.05, 4.69) is 16.8 Å². The van der Waals surface area contributed by atoms with E-state index in [4.69, 9.17) is 4.74 Å². The van der Waals surface area contributed by atoms with Gasteiger partial charge in [-0.3, -0.25) is 24.2 Å². The molecule has 0 aliphatic carbocycles. The summed E-state index contributed by atoms with van der Waals surface area (Å²) in [4.78, 5) is 31.8. The number of pyridine rings is 1. The van der Waals surface area contributed by atoms with Crippen LogP contribution >= 0.6 is 0 Å². The molecule has 9 heteroatoms. The first-order valence-electron chi connectivity index (χ1n) is 8.16. The van der Waals surface area contributed by atoms with Gasteiger partial charge in [-0.15, -0.1) is 0 Å². The van der Waals surface area contributed by atoms with Gasteiger partial charge in [0.05, 0.1) is 11.5 Å². The summed E-state index contributed by atoms with van der Waals surface area (Å²) in [5.74, 6) is 0.153. The highest BCUT2D eigenvalue weighted by atomic mass is 16.6. The predicted molar refractivity (Wildman–Crippen MR) is 93.2 cm³/mol. The van der Waals surface area contributed by atoms with Crippen molar-refractivity contribution in [1.29, 1.82) is 0 Å². The molecule has 1 atom stereocenters. The molecular formula is C16H21N5O4. The van der Waals surface area contributed by atoms with Crippen LogP contribution in [0.2, 0.25) is 0 Å². The van der Waals surface area contributed by atoms with E-state index >= 15 is 0 Å². The molecule has 0 spiro atoms. The summed E-state index contributed by atoms with van der Waals surface area (Å²) in [7, 11) is 1.67. The molecule has 0 bridgehead atoms. The van der Waals surface area contributed by atoms with E-state index < -0.39 is 16.2 Å². The molecule has 1 fully saturated rings. The maximum absolute atomic E-state index is 12.5. The third kappa shape index (κ3) is 3.33. The van der Waals surface area contributed by atoms with Crippen LogP contribution in [-0.2, 0) is 4.74 Å². The molecule has 0 aromatic carbocycles. The molecule has 1 aliphatic heterocycles. The number of ether oxygens (including phenoxy) is 1. The highest BCUT2D eigenvalue weighted by molar-refractivity contribution is 5.61. The fourth-order valence-electron chi connectivity index (χ4n) is 3.17. The second-order valence-electron chi connectivity index (χ2n) is 6.10. The minimum Gasteiger partial charge on any atom is -0.383 e. The summed E-state index contributed by atoms with van der Waals surface area (Å²) in [6, 6.07) is 5.35. The SMILES string of the molecule is COC[C@H](C)N1CCN(c2nc3ccccn3c(=O)c2[N+](=O)[O-])CC1. The van der Waals surface area contributed by atoms with Crippen LogP contribution in [0.5, 0.6) is 0 Å². The number of fused-ring (bicyclic) bond motifs is 1. The van der Waals surface area contributed by atoms with Gasteiger partial charge in [0, 0.05) is 45.5 Å². The Bertz CT molecular complexity index is 829. The molecule has 3 heterocycles. The normalized spacial score (nSPS) is 17.0. The van der Waals surface area contributed by atoms with Gasteiger partial charge in [-0.2, -0.15) is 0 Å². The lowest BCUT2D eigenvalue weighted by Gasteiger charge is -2.38. The van der Waals surface area contributed by atoms with Gasteiger partial charge in [-0.25, -0.2) is 4.98 Å². The number of aromatic nitrogens is 2. The smallest absolute Gasteiger partial charge is 0.376 e. The maximum atomic E-state index is 12.5. The van der Waals surface area contributed by atoms with Gasteiger partial charge in [0.1, 0.15) is 5.65 Å². The van der Waals surface area contributed by atoms with Crippen LogP contribution in [0.3, 0.4) is 0 Å². The van der Waals surface area contributed by atoms with Crippen molar-refractivity contribution >= 4 is 17.2 Å². The Kier molecular flexibility index (Phi) is 4.95. The van der Waals surface area contributed by atoms with Gasteiger partial charge in [0.25, 0.3) is 0 Å². The number of nitrogens with zero attached hydrogens (tertiary/aromatic N) is 5. The van der Waals surface area contributed by atoms with Crippen molar-refractivity contribution in [3.8, 4) is 0 Å². The highest BCUT2D eigenvalue weighted by Crippen LogP contribution is 2.24. The standard InChI is InChI=1S/C16H21N5O4/c1-12(11-25-2)18-7-9-19(10-8-18)15-14(21(23)24)16(22)20-6-4-3-5-13(20)17-15/h3-6,12H,7-11H2,1-2H3/t12-/m0/s1. The van der Waals surface area contributed by atoms with Crippen molar-refractivity contribution in [2.24, 2.45) is 0 Å². The van der Waals surface area contributed by atoms with Gasteiger partial charge in [-0.05, 0) is 19.1 Å². The van der Waals surface area contributed by atoms with Gasteiger partial charge in [-0.1, -0.05) is 6.07 Å². The van der Waals surface area contributed by atoms with Gasteiger partial charge >= 0.3 is 11.2 Å². The first-order valence-corrected chi connectivity index (χ1v) is 8.16. The predicted octanol–water partition coefficient (Wildman–Crippen LogP) is 0.760. The number of hydrogen-bond acceptors (Lipinski definition) is 7. The van der Waals surface area contributed by atoms with Gasteiger partial charge < -0.3 is 9.64 Å². The topological polar surface area (TPSA) is 93.2 Å². The summed E-state index contributed by atoms with van der Waals surface area (Å²) < 4.78 is 6.39. The zero-order chi connectivity index (χ0) is 18.0. The lowest BCUT2D eigenvalue weighted by atomic mass is 10.2. The van der Waals surface area contributed by atoms with Crippen molar-refractivity contribution in [3.05, 3.63) is 44.9 Å². The molecule has 2 aromatic heterocycles. The fourth-order valence-corrected chi connectivity index (χ4v) is 3.17. The van der Waals surface area contributed by atoms with E-state index in [9.17, 15) is 14.9 Å². The van der Waals surface area contributed by atoms with E-state index in [1.165, 1.54) is 10.6 Å². The summed E-state index contributed by atoms with van der Waals surface area (Å²) >= 11 is 0. The van der Waals surface area contributed by atoms with Crippen molar-refractivity contribution in [1.82, 2.24) is 14.3 Å². The van der Waals surface area contributed by atoms with Crippen molar-refractivity contribution in [3.63, 3.8) is 0 Å². The molecule has 134 valence electrons. The lowest BCUT2D eigenvalue weighted by molar-refractivity contribution is -0.385. The second-order valence-corrected chi connectivity index (χ2v) is 6.10. The Morgan fingerprint density at radius 1 is 1.32 bits per heavy atom. The second kappa shape index (κ2) is 7.16. The van der Waals surface area contributed by atoms with E-state index in [0.717, 1.165) is 13.1 Å². The molecule has 2 aromatic rings. The molecule has 0 unspecified atom stereocenters. The summed E-state index contributed by atoms with van der Waals surface area (Å²) in [6.07, 6.45) is 1.49. The summed E-state index contributed by atoms with van der Waals surface area (Å²) in [5.41, 5.74) is -0.717. The number of methoxy groups -OCH3 is 1. The van der Waals surface area contributed by atoms with E-state index in [0.29, 0.717) is 25.3 Å². The summed E-state index contributed by atoms with van der Waals surface area (Å²) in [5, 5.41) is 11.5. The largest absolute Gasteiger partial charge is 0.383 e. The lowest BCUT2D eigenvalue weighted by Crippen LogP contribution is -2.51. The zero-order valence-corrected chi connectivity index (χ0v) is 14.3. The van der Waals surface area contributed by atoms with E-state index in [1.54, 1.807) is 25.3 Å². The van der Waals surface area contributed by atoms with E-state index in [-0.39, 0.29) is 11.9 Å². The quantitative estimate of drug-likeness (QED) is 0.582. The molecule has 3 rings (SSSR count). The van der Waals surface area contributed by atoms with Crippen LogP contribution in [0, 0.1) is 10.1 Å². The fraction of sp³-hybridized carbons (Fsp3) is 0.500. The average molecular weight is 347 g/mol. The van der Waals surface area contributed by atoms with Gasteiger partial charge in [0.15, 0.2) is 0 Å². The third-order valence-corrected chi connectivity index (χ3v) is 4.52. The van der Waals surface area contributed by atoms with Gasteiger partial charge in [0.2, 0.25) is 5.82 Å². The molecule has 0 N–H and O–H groups in total. The number of anilines is 1. The molecule has 0 amide bonds. The molecule has 25 heavy (non-hydrogen) atoms. The Balaban J connectivity index is 1.93. The first kappa shape index (κ1) is 17.3. The first-order chi connectivity index (χ1) is 12.0. The van der Waals surface area contributed by atoms with Crippen molar-refractivity contribution in [2.75, 3.05) is 44.8 Å². The molecule has 9 nitrogen and oxygen atoms in total. The highest BCUT2D eigenvalue weighted by Gasteiger charge is 2.30. The van der Waals surface area contributed by atoms with Crippen LogP contribution < -0.4 is 10.5 Å². The molecule has 0 saturated carbocycles. The number of rotatable bonds is 5. The number of hydrogen-bond donors (Lipinski definition) is 0. The van der Waals surface area contributed by atoms with Crippen LogP contribution in [0.1, 0.15) is 6.92 Å². The maximum Gasteiger partial charge on any atom is 0.376 e. The van der Waals surface area contributed by atoms with Crippen LogP contribution in [-0.4, -0.2) is 65.1 Å². The Morgan fingerprint density at radius 2 is 2.04 bits per heavy atom. The summed E-state index contributed by atoms with van der Waals surface area (Å²) in [6.45, 7) is 5.34. The number of nitro groups is 1. The third-order valence-electron chi connectivity index (χ3n) is 4.52. The van der Waals surface area contributed by atoms with Crippen LogP contribution in [0.25, 0.3) is 5.65 Å². The Morgan fingerprint density at radius 3 is 2.68 bits per heavy atom. The average Bonchev–Trinajstić information content (AvgIpc) is 2.61. The van der Waals surface area contributed by atoms with E-state index in [1.807, 2.05) is 4.90 Å². The Labute approximate surface area is 144 Å². The molecular weight excluding hydrogens is 326 g/mol. The number of piperazine rings is 1. The van der Waals surface area contributed by atoms with Crippen LogP contribution in [0.15, 0.2) is 29.2 Å². The molecule has 1 saturated heterocycles.